The highest BCUT2D eigenvalue weighted by Crippen LogP contribution is 2.34. The van der Waals surface area contributed by atoms with Gasteiger partial charge in [-0.3, -0.25) is 0 Å². The molecule has 0 radical (unpaired) electrons. The molecule has 1 aromatic carbocycles. The van der Waals surface area contributed by atoms with Gasteiger partial charge in [0.15, 0.2) is 0 Å². The first-order chi connectivity index (χ1) is 7.77. The highest BCUT2D eigenvalue weighted by Gasteiger charge is 2.27. The van der Waals surface area contributed by atoms with Crippen LogP contribution in [0.1, 0.15) is 44.6 Å². The number of benzene rings is 1. The molecular weight excluding hydrogens is 194 g/mol. The van der Waals surface area contributed by atoms with Crippen molar-refractivity contribution in [1.82, 2.24) is 5.32 Å². The lowest BCUT2D eigenvalue weighted by Gasteiger charge is -2.22. The van der Waals surface area contributed by atoms with Gasteiger partial charge in [0.2, 0.25) is 0 Å². The van der Waals surface area contributed by atoms with E-state index in [0.717, 1.165) is 18.4 Å². The Morgan fingerprint density at radius 1 is 1.19 bits per heavy atom. The molecular formula is C15H23N. The molecule has 0 heterocycles. The smallest absolute Gasteiger partial charge is 0.0136 e. The van der Waals surface area contributed by atoms with Gasteiger partial charge in [-0.15, -0.1) is 0 Å². The first-order valence-corrected chi connectivity index (χ1v) is 6.55. The molecule has 0 aromatic heterocycles. The van der Waals surface area contributed by atoms with E-state index < -0.39 is 0 Å². The van der Waals surface area contributed by atoms with Crippen LogP contribution in [0.3, 0.4) is 0 Å². The van der Waals surface area contributed by atoms with Gasteiger partial charge in [-0.05, 0) is 36.8 Å². The third kappa shape index (κ3) is 2.85. The lowest BCUT2D eigenvalue weighted by Crippen LogP contribution is -2.33. The Morgan fingerprint density at radius 3 is 2.62 bits per heavy atom. The highest BCUT2D eigenvalue weighted by molar-refractivity contribution is 5.22. The van der Waals surface area contributed by atoms with E-state index in [1.54, 1.807) is 0 Å². The molecule has 16 heavy (non-hydrogen) atoms. The Balaban J connectivity index is 1.98. The van der Waals surface area contributed by atoms with Gasteiger partial charge in [0.05, 0.1) is 0 Å². The SMILES string of the molecule is CC(C)CN[C@@H]1CCC[C@@H]1c1ccccc1. The molecule has 1 aliphatic carbocycles. The normalized spacial score (nSPS) is 25.2. The van der Waals surface area contributed by atoms with E-state index in [9.17, 15) is 0 Å². The van der Waals surface area contributed by atoms with Crippen molar-refractivity contribution in [2.45, 2.75) is 45.1 Å². The Morgan fingerprint density at radius 2 is 1.94 bits per heavy atom. The van der Waals surface area contributed by atoms with Crippen molar-refractivity contribution in [3.63, 3.8) is 0 Å². The van der Waals surface area contributed by atoms with Crippen LogP contribution in [0.2, 0.25) is 0 Å². The molecule has 2 atom stereocenters. The van der Waals surface area contributed by atoms with E-state index in [-0.39, 0.29) is 0 Å². The van der Waals surface area contributed by atoms with Crippen LogP contribution in [-0.2, 0) is 0 Å². The van der Waals surface area contributed by atoms with E-state index >= 15 is 0 Å². The lowest BCUT2D eigenvalue weighted by atomic mass is 9.94. The fourth-order valence-corrected chi connectivity index (χ4v) is 2.69. The summed E-state index contributed by atoms with van der Waals surface area (Å²) in [5.74, 6) is 1.48. The van der Waals surface area contributed by atoms with Crippen LogP contribution >= 0.6 is 0 Å². The Kier molecular flexibility index (Phi) is 4.00. The second kappa shape index (κ2) is 5.49. The van der Waals surface area contributed by atoms with Crippen LogP contribution in [0, 0.1) is 5.92 Å². The van der Waals surface area contributed by atoms with Crippen molar-refractivity contribution in [1.29, 1.82) is 0 Å². The van der Waals surface area contributed by atoms with Crippen LogP contribution < -0.4 is 5.32 Å². The van der Waals surface area contributed by atoms with Crippen LogP contribution in [-0.4, -0.2) is 12.6 Å². The van der Waals surface area contributed by atoms with Crippen molar-refractivity contribution in [2.24, 2.45) is 5.92 Å². The monoisotopic (exact) mass is 217 g/mol. The summed E-state index contributed by atoms with van der Waals surface area (Å²) in [6, 6.07) is 11.7. The van der Waals surface area contributed by atoms with Crippen LogP contribution in [0.4, 0.5) is 0 Å². The molecule has 0 bridgehead atoms. The summed E-state index contributed by atoms with van der Waals surface area (Å²) in [4.78, 5) is 0. The zero-order chi connectivity index (χ0) is 11.4. The third-order valence-corrected chi connectivity index (χ3v) is 3.53. The van der Waals surface area contributed by atoms with Gasteiger partial charge < -0.3 is 5.32 Å². The molecule has 1 nitrogen and oxygen atoms in total. The Labute approximate surface area is 99.3 Å². The van der Waals surface area contributed by atoms with E-state index in [1.165, 1.54) is 24.8 Å². The van der Waals surface area contributed by atoms with Gasteiger partial charge in [0.1, 0.15) is 0 Å². The summed E-state index contributed by atoms with van der Waals surface area (Å²) in [6.45, 7) is 5.70. The molecule has 0 saturated heterocycles. The number of rotatable bonds is 4. The van der Waals surface area contributed by atoms with Crippen molar-refractivity contribution in [3.05, 3.63) is 35.9 Å². The number of hydrogen-bond donors (Lipinski definition) is 1. The number of nitrogens with one attached hydrogen (secondary N) is 1. The highest BCUT2D eigenvalue weighted by atomic mass is 14.9. The van der Waals surface area contributed by atoms with Crippen LogP contribution in [0.15, 0.2) is 30.3 Å². The minimum Gasteiger partial charge on any atom is -0.313 e. The van der Waals surface area contributed by atoms with Crippen molar-refractivity contribution < 1.29 is 0 Å². The summed E-state index contributed by atoms with van der Waals surface area (Å²) in [7, 11) is 0. The Hall–Kier alpha value is -0.820. The molecule has 2 rings (SSSR count). The largest absolute Gasteiger partial charge is 0.313 e. The number of hydrogen-bond acceptors (Lipinski definition) is 1. The van der Waals surface area contributed by atoms with Gasteiger partial charge >= 0.3 is 0 Å². The summed E-state index contributed by atoms with van der Waals surface area (Å²) in [6.07, 6.45) is 4.06. The maximum Gasteiger partial charge on any atom is 0.0136 e. The van der Waals surface area contributed by atoms with Gasteiger partial charge in [0.25, 0.3) is 0 Å². The molecule has 0 amide bonds. The molecule has 1 saturated carbocycles. The predicted molar refractivity (Wildman–Crippen MR) is 69.7 cm³/mol. The maximum absolute atomic E-state index is 3.73. The fraction of sp³-hybridized carbons (Fsp3) is 0.600. The molecule has 1 heteroatoms. The molecule has 1 aliphatic rings. The van der Waals surface area contributed by atoms with E-state index in [2.05, 4.69) is 49.5 Å². The van der Waals surface area contributed by atoms with Gasteiger partial charge in [-0.2, -0.15) is 0 Å². The second-order valence-electron chi connectivity index (χ2n) is 5.36. The van der Waals surface area contributed by atoms with Crippen molar-refractivity contribution >= 4 is 0 Å². The zero-order valence-electron chi connectivity index (χ0n) is 10.4. The minimum absolute atomic E-state index is 0.699. The summed E-state index contributed by atoms with van der Waals surface area (Å²) < 4.78 is 0. The summed E-state index contributed by atoms with van der Waals surface area (Å²) in [5.41, 5.74) is 1.52. The molecule has 0 spiro atoms. The molecule has 1 aromatic rings. The maximum atomic E-state index is 3.73. The predicted octanol–water partition coefficient (Wildman–Crippen LogP) is 3.57. The lowest BCUT2D eigenvalue weighted by molar-refractivity contribution is 0.439. The first-order valence-electron chi connectivity index (χ1n) is 6.55. The first kappa shape index (κ1) is 11.7. The molecule has 0 aliphatic heterocycles. The molecule has 1 N–H and O–H groups in total. The standard InChI is InChI=1S/C15H23N/c1-12(2)11-16-15-10-6-9-14(15)13-7-4-3-5-8-13/h3-5,7-8,12,14-16H,6,9-11H2,1-2H3/t14-,15-/m1/s1. The molecule has 1 fully saturated rings. The average molecular weight is 217 g/mol. The quantitative estimate of drug-likeness (QED) is 0.813. The summed E-state index contributed by atoms with van der Waals surface area (Å²) in [5, 5.41) is 3.73. The second-order valence-corrected chi connectivity index (χ2v) is 5.36. The average Bonchev–Trinajstić information content (AvgIpc) is 2.75. The van der Waals surface area contributed by atoms with Crippen molar-refractivity contribution in [2.75, 3.05) is 6.54 Å². The van der Waals surface area contributed by atoms with E-state index in [0.29, 0.717) is 6.04 Å². The van der Waals surface area contributed by atoms with Gasteiger partial charge in [0, 0.05) is 6.04 Å². The van der Waals surface area contributed by atoms with Gasteiger partial charge in [-0.1, -0.05) is 50.6 Å². The molecule has 0 unspecified atom stereocenters. The Bertz CT molecular complexity index is 304. The fourth-order valence-electron chi connectivity index (χ4n) is 2.69. The van der Waals surface area contributed by atoms with Crippen LogP contribution in [0.5, 0.6) is 0 Å². The van der Waals surface area contributed by atoms with Crippen LogP contribution in [0.25, 0.3) is 0 Å². The summed E-state index contributed by atoms with van der Waals surface area (Å²) >= 11 is 0. The van der Waals surface area contributed by atoms with Crippen molar-refractivity contribution in [3.8, 4) is 0 Å². The minimum atomic E-state index is 0.699. The molecule has 88 valence electrons. The third-order valence-electron chi connectivity index (χ3n) is 3.53. The van der Waals surface area contributed by atoms with E-state index in [4.69, 9.17) is 0 Å². The zero-order valence-corrected chi connectivity index (χ0v) is 10.4. The van der Waals surface area contributed by atoms with E-state index in [1.807, 2.05) is 0 Å². The van der Waals surface area contributed by atoms with Gasteiger partial charge in [-0.25, -0.2) is 0 Å². The topological polar surface area (TPSA) is 12.0 Å².